The molecule has 0 spiro atoms. The highest BCUT2D eigenvalue weighted by atomic mass is 15.2. The van der Waals surface area contributed by atoms with Gasteiger partial charge in [-0.25, -0.2) is 0 Å². The van der Waals surface area contributed by atoms with Crippen LogP contribution in [-0.2, 0) is 0 Å². The monoisotopic (exact) mass is 226 g/mol. The van der Waals surface area contributed by atoms with Crippen molar-refractivity contribution in [3.8, 4) is 5.82 Å². The van der Waals surface area contributed by atoms with Crippen molar-refractivity contribution >= 4 is 16.6 Å². The number of aromatic amines is 1. The number of hydrogen-bond donors (Lipinski definition) is 2. The summed E-state index contributed by atoms with van der Waals surface area (Å²) in [6, 6.07) is 10.0. The zero-order valence-electron chi connectivity index (χ0n) is 9.86. The van der Waals surface area contributed by atoms with Crippen LogP contribution in [-0.4, -0.2) is 14.8 Å². The van der Waals surface area contributed by atoms with E-state index < -0.39 is 0 Å². The highest BCUT2D eigenvalue weighted by molar-refractivity contribution is 5.94. The maximum Gasteiger partial charge on any atom is 0.166 e. The molecule has 4 nitrogen and oxygen atoms in total. The molecule has 1 aromatic carbocycles. The molecule has 2 aromatic heterocycles. The standard InChI is InChI=1S/C13H14N4/c1-8-6-7-9(2)17(8)13-10-4-3-5-11(14)12(10)15-16-13/h3-7H,14H2,1-2H3,(H,15,16). The molecule has 3 rings (SSSR count). The minimum absolute atomic E-state index is 0.726. The van der Waals surface area contributed by atoms with E-state index >= 15 is 0 Å². The maximum atomic E-state index is 5.92. The van der Waals surface area contributed by atoms with Crippen molar-refractivity contribution in [2.24, 2.45) is 0 Å². The maximum absolute atomic E-state index is 5.92. The molecule has 0 saturated heterocycles. The number of aromatic nitrogens is 3. The van der Waals surface area contributed by atoms with E-state index in [0.717, 1.165) is 22.4 Å². The van der Waals surface area contributed by atoms with Gasteiger partial charge in [-0.2, -0.15) is 5.10 Å². The SMILES string of the molecule is Cc1ccc(C)n1-c1n[nH]c2c(N)cccc12. The molecule has 0 fully saturated rings. The fourth-order valence-corrected chi connectivity index (χ4v) is 2.22. The largest absolute Gasteiger partial charge is 0.397 e. The molecule has 0 atom stereocenters. The molecular formula is C13H14N4. The van der Waals surface area contributed by atoms with Crippen molar-refractivity contribution < 1.29 is 0 Å². The van der Waals surface area contributed by atoms with Gasteiger partial charge >= 0.3 is 0 Å². The van der Waals surface area contributed by atoms with Crippen LogP contribution in [0.4, 0.5) is 5.69 Å². The van der Waals surface area contributed by atoms with Crippen LogP contribution in [0.1, 0.15) is 11.4 Å². The van der Waals surface area contributed by atoms with Crippen LogP contribution in [0.5, 0.6) is 0 Å². The van der Waals surface area contributed by atoms with Crippen LogP contribution in [0, 0.1) is 13.8 Å². The number of hydrogen-bond acceptors (Lipinski definition) is 2. The smallest absolute Gasteiger partial charge is 0.166 e. The molecule has 0 saturated carbocycles. The van der Waals surface area contributed by atoms with Gasteiger partial charge in [0.15, 0.2) is 5.82 Å². The molecule has 2 heterocycles. The summed E-state index contributed by atoms with van der Waals surface area (Å²) in [6.07, 6.45) is 0. The summed E-state index contributed by atoms with van der Waals surface area (Å²) >= 11 is 0. The van der Waals surface area contributed by atoms with Gasteiger partial charge in [0.1, 0.15) is 0 Å². The second kappa shape index (κ2) is 3.38. The third kappa shape index (κ3) is 1.34. The Morgan fingerprint density at radius 3 is 2.53 bits per heavy atom. The lowest BCUT2D eigenvalue weighted by atomic mass is 10.2. The third-order valence-corrected chi connectivity index (χ3v) is 3.09. The molecule has 0 aliphatic heterocycles. The highest BCUT2D eigenvalue weighted by Crippen LogP contribution is 2.26. The van der Waals surface area contributed by atoms with Crippen molar-refractivity contribution in [2.45, 2.75) is 13.8 Å². The topological polar surface area (TPSA) is 59.6 Å². The van der Waals surface area contributed by atoms with Crippen LogP contribution in [0.15, 0.2) is 30.3 Å². The second-order valence-corrected chi connectivity index (χ2v) is 4.27. The number of nitrogens with one attached hydrogen (secondary N) is 1. The van der Waals surface area contributed by atoms with E-state index in [9.17, 15) is 0 Å². The van der Waals surface area contributed by atoms with Crippen LogP contribution < -0.4 is 5.73 Å². The van der Waals surface area contributed by atoms with Crippen LogP contribution in [0.2, 0.25) is 0 Å². The fourth-order valence-electron chi connectivity index (χ4n) is 2.22. The van der Waals surface area contributed by atoms with Crippen LogP contribution in [0.3, 0.4) is 0 Å². The average molecular weight is 226 g/mol. The minimum atomic E-state index is 0.726. The van der Waals surface area contributed by atoms with Crippen molar-refractivity contribution in [2.75, 3.05) is 5.73 Å². The molecule has 3 N–H and O–H groups in total. The first-order valence-electron chi connectivity index (χ1n) is 5.56. The zero-order valence-corrected chi connectivity index (χ0v) is 9.86. The zero-order chi connectivity index (χ0) is 12.0. The first-order chi connectivity index (χ1) is 8.18. The predicted octanol–water partition coefficient (Wildman–Crippen LogP) is 2.55. The molecule has 17 heavy (non-hydrogen) atoms. The average Bonchev–Trinajstić information content (AvgIpc) is 2.84. The number of aryl methyl sites for hydroxylation is 2. The van der Waals surface area contributed by atoms with Gasteiger partial charge in [0, 0.05) is 16.8 Å². The molecule has 0 unspecified atom stereocenters. The first kappa shape index (κ1) is 9.96. The van der Waals surface area contributed by atoms with E-state index in [2.05, 4.69) is 40.7 Å². The van der Waals surface area contributed by atoms with Gasteiger partial charge in [0.2, 0.25) is 0 Å². The van der Waals surface area contributed by atoms with Crippen LogP contribution >= 0.6 is 0 Å². The minimum Gasteiger partial charge on any atom is -0.397 e. The molecule has 0 radical (unpaired) electrons. The Balaban J connectivity index is 2.36. The Bertz CT molecular complexity index is 671. The number of anilines is 1. The summed E-state index contributed by atoms with van der Waals surface area (Å²) in [5.74, 6) is 0.910. The van der Waals surface area contributed by atoms with Crippen molar-refractivity contribution in [1.82, 2.24) is 14.8 Å². The Kier molecular flexibility index (Phi) is 1.98. The number of H-pyrrole nitrogens is 1. The normalized spacial score (nSPS) is 11.2. The number of nitrogen functional groups attached to an aromatic ring is 1. The summed E-state index contributed by atoms with van der Waals surface area (Å²) < 4.78 is 2.12. The van der Waals surface area contributed by atoms with Gasteiger partial charge in [-0.1, -0.05) is 6.07 Å². The second-order valence-electron chi connectivity index (χ2n) is 4.27. The number of nitrogens with zero attached hydrogens (tertiary/aromatic N) is 2. The molecule has 0 aliphatic rings. The molecule has 0 bridgehead atoms. The summed E-state index contributed by atoms with van der Waals surface area (Å²) in [7, 11) is 0. The Morgan fingerprint density at radius 2 is 1.82 bits per heavy atom. The molecule has 4 heteroatoms. The van der Waals surface area contributed by atoms with Crippen molar-refractivity contribution in [3.63, 3.8) is 0 Å². The van der Waals surface area contributed by atoms with E-state index in [-0.39, 0.29) is 0 Å². The fraction of sp³-hybridized carbons (Fsp3) is 0.154. The van der Waals surface area contributed by atoms with E-state index in [0.29, 0.717) is 0 Å². The molecular weight excluding hydrogens is 212 g/mol. The highest BCUT2D eigenvalue weighted by Gasteiger charge is 2.12. The van der Waals surface area contributed by atoms with Gasteiger partial charge in [-0.15, -0.1) is 0 Å². The summed E-state index contributed by atoms with van der Waals surface area (Å²) in [5, 5.41) is 8.43. The lowest BCUT2D eigenvalue weighted by Crippen LogP contribution is -1.99. The van der Waals surface area contributed by atoms with Gasteiger partial charge in [0.25, 0.3) is 0 Å². The number of rotatable bonds is 1. The molecule has 3 aromatic rings. The molecule has 0 aliphatic carbocycles. The van der Waals surface area contributed by atoms with Crippen molar-refractivity contribution in [1.29, 1.82) is 0 Å². The third-order valence-electron chi connectivity index (χ3n) is 3.09. The van der Waals surface area contributed by atoms with E-state index in [1.165, 1.54) is 11.4 Å². The van der Waals surface area contributed by atoms with Gasteiger partial charge in [0.05, 0.1) is 11.2 Å². The Labute approximate surface area is 99.1 Å². The summed E-state index contributed by atoms with van der Waals surface area (Å²) in [5.41, 5.74) is 9.87. The van der Waals surface area contributed by atoms with Gasteiger partial charge in [-0.3, -0.25) is 5.10 Å². The Hall–Kier alpha value is -2.23. The predicted molar refractivity (Wildman–Crippen MR) is 69.3 cm³/mol. The molecule has 86 valence electrons. The quantitative estimate of drug-likeness (QED) is 0.626. The lowest BCUT2D eigenvalue weighted by molar-refractivity contribution is 0.910. The Morgan fingerprint density at radius 1 is 1.12 bits per heavy atom. The van der Waals surface area contributed by atoms with E-state index in [1.54, 1.807) is 0 Å². The first-order valence-corrected chi connectivity index (χ1v) is 5.56. The summed E-state index contributed by atoms with van der Waals surface area (Å²) in [4.78, 5) is 0. The molecule has 0 amide bonds. The summed E-state index contributed by atoms with van der Waals surface area (Å²) in [6.45, 7) is 4.14. The van der Waals surface area contributed by atoms with Crippen molar-refractivity contribution in [3.05, 3.63) is 41.7 Å². The van der Waals surface area contributed by atoms with Crippen LogP contribution in [0.25, 0.3) is 16.7 Å². The number of nitrogens with two attached hydrogens (primary N) is 1. The van der Waals surface area contributed by atoms with Gasteiger partial charge < -0.3 is 10.3 Å². The van der Waals surface area contributed by atoms with E-state index in [4.69, 9.17) is 5.73 Å². The number of para-hydroxylation sites is 1. The van der Waals surface area contributed by atoms with Gasteiger partial charge in [-0.05, 0) is 38.1 Å². The lowest BCUT2D eigenvalue weighted by Gasteiger charge is -2.05. The van der Waals surface area contributed by atoms with E-state index in [1.807, 2.05) is 18.2 Å². The number of fused-ring (bicyclic) bond motifs is 1. The number of benzene rings is 1.